The van der Waals surface area contributed by atoms with E-state index in [1.807, 2.05) is 18.3 Å². The Balaban J connectivity index is 0.00000176. The van der Waals surface area contributed by atoms with Crippen LogP contribution in [0.5, 0.6) is 0 Å². The number of hydrogen-bond donors (Lipinski definition) is 1. The molecule has 0 radical (unpaired) electrons. The second-order valence-electron chi connectivity index (χ2n) is 5.16. The molecule has 0 fully saturated rings. The summed E-state index contributed by atoms with van der Waals surface area (Å²) < 4.78 is 2.07. The van der Waals surface area contributed by atoms with Gasteiger partial charge in [0.15, 0.2) is 12.7 Å². The van der Waals surface area contributed by atoms with Crippen molar-refractivity contribution in [3.05, 3.63) is 58.9 Å². The van der Waals surface area contributed by atoms with Gasteiger partial charge in [0, 0.05) is 30.2 Å². The van der Waals surface area contributed by atoms with Gasteiger partial charge in [-0.3, -0.25) is 0 Å². The summed E-state index contributed by atoms with van der Waals surface area (Å²) in [4.78, 5) is 3.52. The van der Waals surface area contributed by atoms with E-state index in [4.69, 9.17) is 0 Å². The summed E-state index contributed by atoms with van der Waals surface area (Å²) in [5.74, 6) is 0. The molecule has 0 saturated heterocycles. The van der Waals surface area contributed by atoms with Crippen molar-refractivity contribution < 1.29 is 33.7 Å². The molecule has 0 bridgehead atoms. The fourth-order valence-corrected chi connectivity index (χ4v) is 3.54. The molecule has 0 spiro atoms. The monoisotopic (exact) mass is 426 g/mol. The topological polar surface area (TPSA) is 27.4 Å². The number of aliphatic hydroxyl groups excluding tert-OH is 1. The first-order chi connectivity index (χ1) is 10.2. The van der Waals surface area contributed by atoms with E-state index >= 15 is 0 Å². The molecule has 1 aromatic carbocycles. The Morgan fingerprint density at radius 1 is 1.27 bits per heavy atom. The number of rotatable bonds is 3. The minimum atomic E-state index is 0. The van der Waals surface area contributed by atoms with E-state index in [0.717, 1.165) is 5.69 Å². The van der Waals surface area contributed by atoms with Gasteiger partial charge in [-0.2, -0.15) is 4.57 Å². The molecule has 1 aromatic heterocycles. The second kappa shape index (κ2) is 7.48. The lowest BCUT2D eigenvalue weighted by atomic mass is 10.2. The van der Waals surface area contributed by atoms with E-state index in [1.165, 1.54) is 21.2 Å². The average Bonchev–Trinajstić information content (AvgIpc) is 2.78. The molecule has 0 unspecified atom stereocenters. The van der Waals surface area contributed by atoms with Gasteiger partial charge in [0.25, 0.3) is 0 Å². The lowest BCUT2D eigenvalue weighted by Crippen LogP contribution is -3.00. The molecule has 1 aliphatic heterocycles. The van der Waals surface area contributed by atoms with Gasteiger partial charge in [-0.15, -0.1) is 0 Å². The Hall–Kier alpha value is -1.05. The number of halogens is 1. The maximum Gasteiger partial charge on any atom is 0.207 e. The molecule has 3 rings (SSSR count). The van der Waals surface area contributed by atoms with Gasteiger partial charge in [0.05, 0.1) is 10.7 Å². The van der Waals surface area contributed by atoms with Crippen molar-refractivity contribution in [2.45, 2.75) is 18.4 Å². The molecular weight excluding hydrogens is 407 g/mol. The lowest BCUT2D eigenvalue weighted by molar-refractivity contribution is -0.699. The highest BCUT2D eigenvalue weighted by molar-refractivity contribution is 8.03. The summed E-state index contributed by atoms with van der Waals surface area (Å²) in [5, 5.41) is 10.4. The van der Waals surface area contributed by atoms with E-state index < -0.39 is 0 Å². The number of aromatic nitrogens is 1. The molecule has 5 heteroatoms. The van der Waals surface area contributed by atoms with Gasteiger partial charge in [0.1, 0.15) is 6.61 Å². The zero-order valence-electron chi connectivity index (χ0n) is 12.7. The third-order valence-electron chi connectivity index (χ3n) is 3.61. The summed E-state index contributed by atoms with van der Waals surface area (Å²) >= 11 is 1.79. The van der Waals surface area contributed by atoms with Gasteiger partial charge in [-0.05, 0) is 30.7 Å². The van der Waals surface area contributed by atoms with E-state index in [1.54, 1.807) is 11.8 Å². The van der Waals surface area contributed by atoms with Crippen LogP contribution in [0.1, 0.15) is 11.3 Å². The number of anilines is 1. The Morgan fingerprint density at radius 3 is 2.86 bits per heavy atom. The number of hydrogen-bond acceptors (Lipinski definition) is 3. The van der Waals surface area contributed by atoms with E-state index in [0.29, 0.717) is 6.54 Å². The minimum Gasteiger partial charge on any atom is -1.00 e. The molecule has 2 heterocycles. The standard InChI is InChI=1S/C17H19N2OS.HI/c1-13-6-7-16-15(11-13)18(2)17(21-16)12-14-5-3-4-8-19(14)9-10-20;/h3-8,11-12,20H,9-10H2,1-2H3;1H/q+1;/p-1. The first-order valence-electron chi connectivity index (χ1n) is 7.02. The van der Waals surface area contributed by atoms with Crippen LogP contribution in [0.4, 0.5) is 5.69 Å². The van der Waals surface area contributed by atoms with Crippen LogP contribution in [-0.4, -0.2) is 18.8 Å². The molecule has 2 aromatic rings. The maximum absolute atomic E-state index is 9.17. The highest BCUT2D eigenvalue weighted by Crippen LogP contribution is 2.45. The Bertz CT molecular complexity index is 703. The molecule has 0 atom stereocenters. The van der Waals surface area contributed by atoms with Crippen LogP contribution in [-0.2, 0) is 6.54 Å². The maximum atomic E-state index is 9.17. The average molecular weight is 426 g/mol. The molecule has 116 valence electrons. The second-order valence-corrected chi connectivity index (χ2v) is 6.22. The predicted octanol–water partition coefficient (Wildman–Crippen LogP) is -0.181. The fraction of sp³-hybridized carbons (Fsp3) is 0.235. The summed E-state index contributed by atoms with van der Waals surface area (Å²) in [6.07, 6.45) is 4.18. The largest absolute Gasteiger partial charge is 1.00 e. The molecule has 1 N–H and O–H groups in total. The number of aryl methyl sites for hydroxylation is 1. The Morgan fingerprint density at radius 2 is 2.09 bits per heavy atom. The Kier molecular flexibility index (Phi) is 5.88. The van der Waals surface area contributed by atoms with Crippen molar-refractivity contribution in [3.8, 4) is 0 Å². The molecule has 0 aliphatic carbocycles. The zero-order valence-corrected chi connectivity index (χ0v) is 15.6. The van der Waals surface area contributed by atoms with Crippen molar-refractivity contribution in [1.82, 2.24) is 0 Å². The van der Waals surface area contributed by atoms with Gasteiger partial charge in [-0.1, -0.05) is 17.8 Å². The molecule has 0 amide bonds. The molecule has 0 saturated carbocycles. The molecule has 22 heavy (non-hydrogen) atoms. The molecule has 3 nitrogen and oxygen atoms in total. The van der Waals surface area contributed by atoms with Crippen LogP contribution in [0.15, 0.2) is 52.5 Å². The number of fused-ring (bicyclic) bond motifs is 1. The van der Waals surface area contributed by atoms with Crippen LogP contribution in [0.3, 0.4) is 0 Å². The van der Waals surface area contributed by atoms with Crippen LogP contribution < -0.4 is 33.4 Å². The minimum absolute atomic E-state index is 0. The van der Waals surface area contributed by atoms with Crippen molar-refractivity contribution in [2.75, 3.05) is 18.6 Å². The smallest absolute Gasteiger partial charge is 0.207 e. The van der Waals surface area contributed by atoms with E-state index in [9.17, 15) is 5.11 Å². The van der Waals surface area contributed by atoms with Crippen molar-refractivity contribution >= 4 is 23.5 Å². The third-order valence-corrected chi connectivity index (χ3v) is 4.77. The van der Waals surface area contributed by atoms with Crippen LogP contribution >= 0.6 is 11.8 Å². The zero-order chi connectivity index (χ0) is 14.8. The molecular formula is C17H19IN2OS. The van der Waals surface area contributed by atoms with Gasteiger partial charge >= 0.3 is 0 Å². The van der Waals surface area contributed by atoms with Gasteiger partial charge in [-0.25, -0.2) is 0 Å². The summed E-state index contributed by atoms with van der Waals surface area (Å²) in [7, 11) is 2.10. The van der Waals surface area contributed by atoms with Crippen molar-refractivity contribution in [2.24, 2.45) is 0 Å². The first-order valence-corrected chi connectivity index (χ1v) is 7.84. The number of benzene rings is 1. The van der Waals surface area contributed by atoms with E-state index in [2.05, 4.69) is 53.8 Å². The SMILES string of the molecule is Cc1ccc2c(c1)N(C)/C(=C/c1cccc[n+]1CCO)S2.[I-]. The lowest BCUT2D eigenvalue weighted by Gasteiger charge is -2.13. The highest BCUT2D eigenvalue weighted by atomic mass is 127. The summed E-state index contributed by atoms with van der Waals surface area (Å²) in [6, 6.07) is 12.6. The first kappa shape index (κ1) is 17.3. The predicted molar refractivity (Wildman–Crippen MR) is 87.1 cm³/mol. The number of thioether (sulfide) groups is 1. The number of pyridine rings is 1. The van der Waals surface area contributed by atoms with Crippen LogP contribution in [0.2, 0.25) is 0 Å². The fourth-order valence-electron chi connectivity index (χ4n) is 2.46. The van der Waals surface area contributed by atoms with Gasteiger partial charge in [0.2, 0.25) is 5.69 Å². The van der Waals surface area contributed by atoms with Crippen molar-refractivity contribution in [1.29, 1.82) is 0 Å². The van der Waals surface area contributed by atoms with E-state index in [-0.39, 0.29) is 30.6 Å². The highest BCUT2D eigenvalue weighted by Gasteiger charge is 2.23. The quantitative estimate of drug-likeness (QED) is 0.545. The van der Waals surface area contributed by atoms with Crippen LogP contribution in [0.25, 0.3) is 6.08 Å². The number of nitrogens with zero attached hydrogens (tertiary/aromatic N) is 2. The van der Waals surface area contributed by atoms with Gasteiger partial charge < -0.3 is 34.0 Å². The van der Waals surface area contributed by atoms with Crippen molar-refractivity contribution in [3.63, 3.8) is 0 Å². The third kappa shape index (κ3) is 3.47. The summed E-state index contributed by atoms with van der Waals surface area (Å²) in [6.45, 7) is 2.88. The summed E-state index contributed by atoms with van der Waals surface area (Å²) in [5.41, 5.74) is 3.64. The molecule has 1 aliphatic rings. The van der Waals surface area contributed by atoms with Crippen LogP contribution in [0, 0.1) is 6.92 Å². The normalized spacial score (nSPS) is 14.9. The number of aliphatic hydroxyl groups is 1. The Labute approximate surface area is 152 Å².